The molecule has 0 aliphatic rings. The van der Waals surface area contributed by atoms with E-state index < -0.39 is 6.04 Å². The van der Waals surface area contributed by atoms with Gasteiger partial charge in [-0.05, 0) is 32.2 Å². The van der Waals surface area contributed by atoms with Gasteiger partial charge in [-0.3, -0.25) is 4.79 Å². The number of nitrogens with one attached hydrogen (secondary N) is 1. The molecule has 5 N–H and O–H groups in total. The molecule has 0 spiro atoms. The Morgan fingerprint density at radius 1 is 1.36 bits per heavy atom. The molecule has 0 aliphatic heterocycles. The van der Waals surface area contributed by atoms with Crippen LogP contribution in [0.1, 0.15) is 33.6 Å². The normalized spacial score (nSPS) is 15.3. The van der Waals surface area contributed by atoms with Crippen LogP contribution in [0.4, 0.5) is 0 Å². The van der Waals surface area contributed by atoms with Crippen LogP contribution in [0.5, 0.6) is 0 Å². The molecule has 1 amide bonds. The van der Waals surface area contributed by atoms with Gasteiger partial charge in [0.15, 0.2) is 0 Å². The second kappa shape index (κ2) is 6.79. The lowest BCUT2D eigenvalue weighted by Crippen LogP contribution is -2.47. The van der Waals surface area contributed by atoms with E-state index >= 15 is 0 Å². The fraction of sp³-hybridized carbons (Fsp3) is 0.900. The number of nitrogens with two attached hydrogens (primary N) is 2. The van der Waals surface area contributed by atoms with Crippen LogP contribution in [0.25, 0.3) is 0 Å². The maximum Gasteiger partial charge on any atom is 0.237 e. The van der Waals surface area contributed by atoms with E-state index in [-0.39, 0.29) is 17.9 Å². The van der Waals surface area contributed by atoms with E-state index in [1.54, 1.807) is 0 Å². The Bertz CT molecular complexity index is 171. The number of rotatable bonds is 6. The summed E-state index contributed by atoms with van der Waals surface area (Å²) in [5.41, 5.74) is 11.1. The Morgan fingerprint density at radius 2 is 1.93 bits per heavy atom. The minimum Gasteiger partial charge on any atom is -0.352 e. The van der Waals surface area contributed by atoms with E-state index in [1.165, 1.54) is 0 Å². The first-order valence-electron chi connectivity index (χ1n) is 5.25. The van der Waals surface area contributed by atoms with Gasteiger partial charge in [-0.15, -0.1) is 0 Å². The molecular weight excluding hydrogens is 178 g/mol. The molecule has 4 heteroatoms. The first-order chi connectivity index (χ1) is 6.49. The molecule has 1 unspecified atom stereocenters. The standard InChI is InChI=1S/C10H23N3O/c1-7(2)9(12)10(14)13-8(3)5-4-6-11/h7-9H,4-6,11-12H2,1-3H3,(H,13,14)/t8?,9-/m0/s1. The zero-order valence-corrected chi connectivity index (χ0v) is 9.42. The van der Waals surface area contributed by atoms with Crippen molar-refractivity contribution < 1.29 is 4.79 Å². The first-order valence-corrected chi connectivity index (χ1v) is 5.25. The quantitative estimate of drug-likeness (QED) is 0.575. The number of hydrogen-bond donors (Lipinski definition) is 3. The van der Waals surface area contributed by atoms with Gasteiger partial charge in [0.2, 0.25) is 5.91 Å². The predicted molar refractivity (Wildman–Crippen MR) is 58.7 cm³/mol. The third-order valence-electron chi connectivity index (χ3n) is 2.25. The topological polar surface area (TPSA) is 81.1 Å². The highest BCUT2D eigenvalue weighted by atomic mass is 16.2. The number of amides is 1. The number of hydrogen-bond acceptors (Lipinski definition) is 3. The van der Waals surface area contributed by atoms with Crippen molar-refractivity contribution in [2.45, 2.75) is 45.7 Å². The van der Waals surface area contributed by atoms with E-state index in [2.05, 4.69) is 5.32 Å². The Kier molecular flexibility index (Phi) is 6.49. The van der Waals surface area contributed by atoms with Gasteiger partial charge >= 0.3 is 0 Å². The fourth-order valence-corrected chi connectivity index (χ4v) is 1.14. The summed E-state index contributed by atoms with van der Waals surface area (Å²) < 4.78 is 0. The molecule has 0 aliphatic carbocycles. The molecule has 4 nitrogen and oxygen atoms in total. The van der Waals surface area contributed by atoms with E-state index in [0.717, 1.165) is 12.8 Å². The third kappa shape index (κ3) is 5.19. The van der Waals surface area contributed by atoms with Gasteiger partial charge in [-0.25, -0.2) is 0 Å². The smallest absolute Gasteiger partial charge is 0.237 e. The van der Waals surface area contributed by atoms with Crippen molar-refractivity contribution in [2.75, 3.05) is 6.54 Å². The highest BCUT2D eigenvalue weighted by Gasteiger charge is 2.18. The molecule has 0 saturated carbocycles. The summed E-state index contributed by atoms with van der Waals surface area (Å²) >= 11 is 0. The molecule has 0 rings (SSSR count). The summed E-state index contributed by atoms with van der Waals surface area (Å²) in [4.78, 5) is 11.5. The molecule has 0 saturated heterocycles. The summed E-state index contributed by atoms with van der Waals surface area (Å²) in [7, 11) is 0. The maximum absolute atomic E-state index is 11.5. The van der Waals surface area contributed by atoms with Crippen LogP contribution in [0.3, 0.4) is 0 Å². The molecule has 2 atom stereocenters. The lowest BCUT2D eigenvalue weighted by atomic mass is 10.0. The van der Waals surface area contributed by atoms with E-state index in [9.17, 15) is 4.79 Å². The monoisotopic (exact) mass is 201 g/mol. The van der Waals surface area contributed by atoms with Crippen molar-refractivity contribution in [3.05, 3.63) is 0 Å². The molecule has 14 heavy (non-hydrogen) atoms. The van der Waals surface area contributed by atoms with Crippen molar-refractivity contribution >= 4 is 5.91 Å². The van der Waals surface area contributed by atoms with Crippen molar-refractivity contribution in [1.82, 2.24) is 5.32 Å². The van der Waals surface area contributed by atoms with Crippen LogP contribution >= 0.6 is 0 Å². The summed E-state index contributed by atoms with van der Waals surface area (Å²) in [6.07, 6.45) is 1.84. The average molecular weight is 201 g/mol. The van der Waals surface area contributed by atoms with Crippen LogP contribution in [-0.4, -0.2) is 24.5 Å². The second-order valence-electron chi connectivity index (χ2n) is 4.11. The second-order valence-corrected chi connectivity index (χ2v) is 4.11. The lowest BCUT2D eigenvalue weighted by molar-refractivity contribution is -0.123. The molecule has 0 aromatic rings. The molecule has 0 aromatic heterocycles. The molecule has 0 bridgehead atoms. The highest BCUT2D eigenvalue weighted by molar-refractivity contribution is 5.81. The third-order valence-corrected chi connectivity index (χ3v) is 2.25. The first kappa shape index (κ1) is 13.4. The van der Waals surface area contributed by atoms with E-state index in [0.29, 0.717) is 6.54 Å². The number of carbonyl (C=O) groups is 1. The lowest BCUT2D eigenvalue weighted by Gasteiger charge is -2.19. The Hall–Kier alpha value is -0.610. The van der Waals surface area contributed by atoms with Crippen LogP contribution < -0.4 is 16.8 Å². The molecule has 84 valence electrons. The van der Waals surface area contributed by atoms with Crippen LogP contribution in [0.15, 0.2) is 0 Å². The van der Waals surface area contributed by atoms with E-state index in [4.69, 9.17) is 11.5 Å². The van der Waals surface area contributed by atoms with Crippen molar-refractivity contribution in [1.29, 1.82) is 0 Å². The highest BCUT2D eigenvalue weighted by Crippen LogP contribution is 2.00. The van der Waals surface area contributed by atoms with Crippen molar-refractivity contribution in [2.24, 2.45) is 17.4 Å². The van der Waals surface area contributed by atoms with Crippen LogP contribution in [0.2, 0.25) is 0 Å². The summed E-state index contributed by atoms with van der Waals surface area (Å²) in [5.74, 6) is 0.112. The zero-order chi connectivity index (χ0) is 11.1. The van der Waals surface area contributed by atoms with Gasteiger partial charge in [0.25, 0.3) is 0 Å². The van der Waals surface area contributed by atoms with Gasteiger partial charge in [0, 0.05) is 6.04 Å². The van der Waals surface area contributed by atoms with Gasteiger partial charge in [0.1, 0.15) is 0 Å². The molecule has 0 heterocycles. The number of carbonyl (C=O) groups excluding carboxylic acids is 1. The average Bonchev–Trinajstić information content (AvgIpc) is 2.13. The summed E-state index contributed by atoms with van der Waals surface area (Å²) in [6, 6.07) is -0.244. The predicted octanol–water partition coefficient (Wildman–Crippen LogP) is 0.213. The molecule has 0 radical (unpaired) electrons. The Morgan fingerprint density at radius 3 is 2.36 bits per heavy atom. The zero-order valence-electron chi connectivity index (χ0n) is 9.42. The SMILES string of the molecule is CC(CCCN)NC(=O)[C@@H](N)C(C)C. The largest absolute Gasteiger partial charge is 0.352 e. The maximum atomic E-state index is 11.5. The Balaban J connectivity index is 3.81. The summed E-state index contributed by atoms with van der Waals surface area (Å²) in [5, 5.41) is 2.88. The Labute approximate surface area is 86.4 Å². The van der Waals surface area contributed by atoms with Crippen molar-refractivity contribution in [3.63, 3.8) is 0 Å². The molecule has 0 aromatic carbocycles. The van der Waals surface area contributed by atoms with Crippen LogP contribution in [0, 0.1) is 5.92 Å². The van der Waals surface area contributed by atoms with E-state index in [1.807, 2.05) is 20.8 Å². The van der Waals surface area contributed by atoms with Crippen LogP contribution in [-0.2, 0) is 4.79 Å². The van der Waals surface area contributed by atoms with Gasteiger partial charge in [0.05, 0.1) is 6.04 Å². The minimum absolute atomic E-state index is 0.0653. The molecular formula is C10H23N3O. The minimum atomic E-state index is -0.407. The van der Waals surface area contributed by atoms with Gasteiger partial charge < -0.3 is 16.8 Å². The molecule has 0 fully saturated rings. The fourth-order valence-electron chi connectivity index (χ4n) is 1.14. The summed E-state index contributed by atoms with van der Waals surface area (Å²) in [6.45, 7) is 6.51. The van der Waals surface area contributed by atoms with Gasteiger partial charge in [-0.2, -0.15) is 0 Å². The van der Waals surface area contributed by atoms with Gasteiger partial charge in [-0.1, -0.05) is 13.8 Å². The van der Waals surface area contributed by atoms with Crippen molar-refractivity contribution in [3.8, 4) is 0 Å².